The molecule has 0 amide bonds. The minimum Gasteiger partial charge on any atom is -0.557 e. The molecular formula is C18H26BNO2Y-2. The maximum Gasteiger partial charge on any atom is 0.0346 e. The summed E-state index contributed by atoms with van der Waals surface area (Å²) in [6.45, 7) is 8.00. The first-order chi connectivity index (χ1) is 10.7. The van der Waals surface area contributed by atoms with Crippen LogP contribution in [0.5, 0.6) is 0 Å². The average molecular weight is 388 g/mol. The molecule has 3 radical (unpaired) electrons. The number of carbonyl (C=O) groups is 1. The molecule has 0 fully saturated rings. The summed E-state index contributed by atoms with van der Waals surface area (Å²) in [7, 11) is 9.65. The smallest absolute Gasteiger partial charge is 0.0346 e. The van der Waals surface area contributed by atoms with Crippen LogP contribution in [-0.4, -0.2) is 25.7 Å². The van der Waals surface area contributed by atoms with Crippen LogP contribution in [0.15, 0.2) is 36.7 Å². The quantitative estimate of drug-likeness (QED) is 0.586. The van der Waals surface area contributed by atoms with E-state index in [0.29, 0.717) is 6.42 Å². The largest absolute Gasteiger partial charge is 0.557 e. The third-order valence-electron chi connectivity index (χ3n) is 2.27. The molecule has 123 valence electrons. The normalized spacial score (nSPS) is 7.91. The van der Waals surface area contributed by atoms with Gasteiger partial charge in [-0.25, -0.2) is 7.11 Å². The second-order valence-corrected chi connectivity index (χ2v) is 3.66. The zero-order valence-corrected chi connectivity index (χ0v) is 17.7. The molecule has 0 unspecified atom stereocenters. The van der Waals surface area contributed by atoms with Gasteiger partial charge in [-0.3, -0.25) is 4.98 Å². The van der Waals surface area contributed by atoms with Crippen LogP contribution in [0, 0.1) is 13.4 Å². The summed E-state index contributed by atoms with van der Waals surface area (Å²) in [5.74, 6) is -0.0663. The van der Waals surface area contributed by atoms with Crippen molar-refractivity contribution in [3.8, 4) is 0 Å². The number of ketones is 1. The van der Waals surface area contributed by atoms with Crippen molar-refractivity contribution in [3.63, 3.8) is 0 Å². The summed E-state index contributed by atoms with van der Waals surface area (Å²) in [5.41, 5.74) is 0.973. The van der Waals surface area contributed by atoms with Crippen molar-refractivity contribution in [1.82, 2.24) is 4.98 Å². The van der Waals surface area contributed by atoms with Crippen LogP contribution in [0.1, 0.15) is 33.3 Å². The molecule has 0 spiro atoms. The van der Waals surface area contributed by atoms with E-state index in [4.69, 9.17) is 7.85 Å². The molecule has 2 rings (SSSR count). The first-order valence-electron chi connectivity index (χ1n) is 7.40. The van der Waals surface area contributed by atoms with Crippen LogP contribution < -0.4 is 0 Å². The number of Topliss-reactive ketones (excluding diaryl/α,β-unsaturated/α-hetero) is 1. The van der Waals surface area contributed by atoms with Crippen LogP contribution in [0.4, 0.5) is 0 Å². The van der Waals surface area contributed by atoms with E-state index in [2.05, 4.69) is 16.8 Å². The summed E-state index contributed by atoms with van der Waals surface area (Å²) < 4.78 is 4.00. The topological polar surface area (TPSA) is 39.2 Å². The van der Waals surface area contributed by atoms with Gasteiger partial charge < -0.3 is 15.9 Å². The van der Waals surface area contributed by atoms with Gasteiger partial charge in [0.05, 0.1) is 0 Å². The number of pyridine rings is 1. The average Bonchev–Trinajstić information content (AvgIpc) is 2.59. The number of aromatic nitrogens is 1. The molecule has 1 heterocycles. The Labute approximate surface area is 167 Å². The van der Waals surface area contributed by atoms with Crippen molar-refractivity contribution >= 4 is 24.4 Å². The summed E-state index contributed by atoms with van der Waals surface area (Å²) in [6, 6.07) is 7.79. The van der Waals surface area contributed by atoms with E-state index in [1.807, 2.05) is 52.0 Å². The van der Waals surface area contributed by atoms with E-state index in [-0.39, 0.29) is 38.5 Å². The Morgan fingerprint density at radius 1 is 1.22 bits per heavy atom. The Morgan fingerprint density at radius 3 is 2.30 bits per heavy atom. The molecule has 0 aliphatic heterocycles. The Morgan fingerprint density at radius 2 is 1.78 bits per heavy atom. The van der Waals surface area contributed by atoms with E-state index in [0.717, 1.165) is 22.7 Å². The molecule has 0 aliphatic carbocycles. The monoisotopic (exact) mass is 388 g/mol. The minimum atomic E-state index is -0.0663. The van der Waals surface area contributed by atoms with Gasteiger partial charge in [0, 0.05) is 56.9 Å². The Bertz CT molecular complexity index is 521. The Hall–Kier alpha value is -0.701. The van der Waals surface area contributed by atoms with Crippen molar-refractivity contribution in [3.05, 3.63) is 55.7 Å². The molecule has 3 nitrogen and oxygen atoms in total. The number of fused-ring (bicyclic) bond motifs is 1. The van der Waals surface area contributed by atoms with Crippen LogP contribution in [0.2, 0.25) is 0 Å². The third-order valence-corrected chi connectivity index (χ3v) is 2.27. The summed E-state index contributed by atoms with van der Waals surface area (Å²) >= 11 is 0. The van der Waals surface area contributed by atoms with Gasteiger partial charge in [-0.2, -0.15) is 7.85 Å². The van der Waals surface area contributed by atoms with Crippen LogP contribution in [0.3, 0.4) is 0 Å². The van der Waals surface area contributed by atoms with Gasteiger partial charge in [-0.1, -0.05) is 45.9 Å². The number of ether oxygens (including phenoxy) is 1. The number of hydrogen-bond acceptors (Lipinski definition) is 3. The van der Waals surface area contributed by atoms with Crippen molar-refractivity contribution < 1.29 is 42.2 Å². The fraction of sp³-hybridized carbons (Fsp3) is 0.333. The van der Waals surface area contributed by atoms with Gasteiger partial charge in [0.15, 0.2) is 0 Å². The van der Waals surface area contributed by atoms with E-state index < -0.39 is 0 Å². The molecular weight excluding hydrogens is 362 g/mol. The number of benzene rings is 1. The molecule has 0 saturated carbocycles. The summed E-state index contributed by atoms with van der Waals surface area (Å²) in [6.07, 6.45) is 5.00. The van der Waals surface area contributed by atoms with Crippen molar-refractivity contribution in [1.29, 1.82) is 0 Å². The van der Waals surface area contributed by atoms with Crippen molar-refractivity contribution in [2.75, 3.05) is 7.11 Å². The molecule has 1 aromatic heterocycles. The molecule has 0 bridgehead atoms. The molecule has 5 heteroatoms. The van der Waals surface area contributed by atoms with Gasteiger partial charge in [-0.15, -0.1) is 0 Å². The van der Waals surface area contributed by atoms with Gasteiger partial charge in [0.25, 0.3) is 0 Å². The Balaban J connectivity index is -0.000000439. The zero-order valence-electron chi connectivity index (χ0n) is 14.9. The molecule has 0 N–H and O–H groups in total. The van der Waals surface area contributed by atoms with Gasteiger partial charge in [0.2, 0.25) is 0 Å². The number of hydrogen-bond donors (Lipinski definition) is 0. The molecule has 0 aliphatic rings. The maximum absolute atomic E-state index is 11.1. The van der Waals surface area contributed by atoms with Crippen molar-refractivity contribution in [2.24, 2.45) is 0 Å². The Kier molecular flexibility index (Phi) is 22.8. The number of nitrogens with zero attached hydrogens (tertiary/aromatic N) is 1. The van der Waals surface area contributed by atoms with Gasteiger partial charge in [0.1, 0.15) is 0 Å². The van der Waals surface area contributed by atoms with Crippen LogP contribution in [0.25, 0.3) is 10.8 Å². The second kappa shape index (κ2) is 19.3. The number of methoxy groups -OCH3 is 1. The molecule has 0 atom stereocenters. The molecule has 0 saturated heterocycles. The summed E-state index contributed by atoms with van der Waals surface area (Å²) in [5, 5.41) is 2.16. The first kappa shape index (κ1) is 27.2. The fourth-order valence-corrected chi connectivity index (χ4v) is 1.50. The SMILES string of the molecule is CC.CC.[B][CH-]C(=O)Cc1ccc2cnccc2c1.[CH2-]OC.[Y]. The zero-order chi connectivity index (χ0) is 17.4. The standard InChI is InChI=1S/C12H9BNO.C2H5O.2C2H6.Y/c13-7-12(15)6-9-1-2-11-8-14-4-3-10(11)5-9;1-3-2;2*1-2;/h1-5,7-8H,6H2;1H2,2H3;2*1-2H3;/q2*-1;;;. The second-order valence-electron chi connectivity index (χ2n) is 3.66. The van der Waals surface area contributed by atoms with E-state index in [1.54, 1.807) is 12.4 Å². The summed E-state index contributed by atoms with van der Waals surface area (Å²) in [4.78, 5) is 15.2. The predicted octanol–water partition coefficient (Wildman–Crippen LogP) is 4.15. The predicted molar refractivity (Wildman–Crippen MR) is 95.6 cm³/mol. The number of carbonyl (C=O) groups excluding carboxylic acids is 1. The molecule has 23 heavy (non-hydrogen) atoms. The molecule has 2 aromatic rings. The van der Waals surface area contributed by atoms with Crippen molar-refractivity contribution in [2.45, 2.75) is 34.1 Å². The third kappa shape index (κ3) is 12.4. The maximum atomic E-state index is 11.1. The van der Waals surface area contributed by atoms with Crippen LogP contribution in [-0.2, 0) is 48.7 Å². The van der Waals surface area contributed by atoms with E-state index in [9.17, 15) is 4.79 Å². The van der Waals surface area contributed by atoms with Gasteiger partial charge in [-0.05, 0) is 29.9 Å². The van der Waals surface area contributed by atoms with E-state index >= 15 is 0 Å². The van der Waals surface area contributed by atoms with E-state index in [1.165, 1.54) is 7.11 Å². The van der Waals surface area contributed by atoms with Crippen LogP contribution >= 0.6 is 0 Å². The minimum absolute atomic E-state index is 0. The first-order valence-corrected chi connectivity index (χ1v) is 7.40. The molecule has 1 aromatic carbocycles. The fourth-order valence-electron chi connectivity index (χ4n) is 1.50. The number of rotatable bonds is 3. The van der Waals surface area contributed by atoms with Gasteiger partial charge >= 0.3 is 0 Å².